The van der Waals surface area contributed by atoms with E-state index in [0.29, 0.717) is 30.0 Å². The molecule has 0 atom stereocenters. The molecule has 0 saturated carbocycles. The highest BCUT2D eigenvalue weighted by molar-refractivity contribution is 6.31. The molecule has 2 rings (SSSR count). The molecule has 0 unspecified atom stereocenters. The summed E-state index contributed by atoms with van der Waals surface area (Å²) in [6.45, 7) is 7.33. The van der Waals surface area contributed by atoms with E-state index in [4.69, 9.17) is 21.1 Å². The van der Waals surface area contributed by atoms with E-state index in [-0.39, 0.29) is 6.10 Å². The third-order valence-corrected chi connectivity index (χ3v) is 3.01. The Morgan fingerprint density at radius 1 is 1.56 bits per heavy atom. The lowest BCUT2D eigenvalue weighted by molar-refractivity contribution is -0.0813. The molecule has 100 valence electrons. The third kappa shape index (κ3) is 3.83. The van der Waals surface area contributed by atoms with Gasteiger partial charge in [0.2, 0.25) is 5.88 Å². The van der Waals surface area contributed by atoms with E-state index >= 15 is 0 Å². The predicted molar refractivity (Wildman–Crippen MR) is 71.0 cm³/mol. The van der Waals surface area contributed by atoms with E-state index in [2.05, 4.69) is 24.1 Å². The summed E-state index contributed by atoms with van der Waals surface area (Å²) in [5, 5.41) is 4.03. The molecule has 1 aromatic rings. The number of hydrogen-bond acceptors (Lipinski definition) is 4. The van der Waals surface area contributed by atoms with Crippen LogP contribution in [0.5, 0.6) is 5.88 Å². The minimum atomic E-state index is 0.134. The van der Waals surface area contributed by atoms with Crippen molar-refractivity contribution in [1.29, 1.82) is 0 Å². The van der Waals surface area contributed by atoms with E-state index in [0.717, 1.165) is 18.7 Å². The van der Waals surface area contributed by atoms with Gasteiger partial charge >= 0.3 is 0 Å². The Morgan fingerprint density at radius 3 is 2.94 bits per heavy atom. The summed E-state index contributed by atoms with van der Waals surface area (Å²) >= 11 is 6.11. The molecule has 0 aromatic carbocycles. The average molecular weight is 271 g/mol. The maximum Gasteiger partial charge on any atom is 0.214 e. The number of nitrogens with one attached hydrogen (secondary N) is 1. The normalized spacial score (nSPS) is 15.8. The Balaban J connectivity index is 1.92. The van der Waals surface area contributed by atoms with Gasteiger partial charge in [0.05, 0.1) is 18.2 Å². The van der Waals surface area contributed by atoms with Crippen LogP contribution in [0.25, 0.3) is 0 Å². The fourth-order valence-corrected chi connectivity index (χ4v) is 1.78. The first-order valence-corrected chi connectivity index (χ1v) is 6.62. The van der Waals surface area contributed by atoms with Crippen LogP contribution in [-0.4, -0.2) is 30.8 Å². The molecular weight excluding hydrogens is 252 g/mol. The third-order valence-electron chi connectivity index (χ3n) is 2.67. The molecule has 0 amide bonds. The number of nitrogens with zero attached hydrogens (tertiary/aromatic N) is 1. The quantitative estimate of drug-likeness (QED) is 0.861. The van der Waals surface area contributed by atoms with Gasteiger partial charge in [-0.2, -0.15) is 0 Å². The molecule has 1 fully saturated rings. The molecule has 0 radical (unpaired) electrons. The molecular formula is C13H19ClN2O2. The van der Waals surface area contributed by atoms with Crippen molar-refractivity contribution in [2.24, 2.45) is 5.92 Å². The van der Waals surface area contributed by atoms with Crippen LogP contribution in [0.1, 0.15) is 19.4 Å². The van der Waals surface area contributed by atoms with E-state index in [9.17, 15) is 0 Å². The van der Waals surface area contributed by atoms with Crippen LogP contribution in [0.2, 0.25) is 5.02 Å². The van der Waals surface area contributed by atoms with Crippen molar-refractivity contribution in [3.8, 4) is 5.88 Å². The molecule has 1 N–H and O–H groups in total. The number of rotatable bonds is 6. The van der Waals surface area contributed by atoms with Crippen LogP contribution in [0.3, 0.4) is 0 Å². The summed E-state index contributed by atoms with van der Waals surface area (Å²) in [7, 11) is 0. The van der Waals surface area contributed by atoms with Crippen LogP contribution in [-0.2, 0) is 11.3 Å². The number of ether oxygens (including phenoxy) is 2. The Kier molecular flexibility index (Phi) is 4.80. The summed E-state index contributed by atoms with van der Waals surface area (Å²) < 4.78 is 10.7. The van der Waals surface area contributed by atoms with Crippen LogP contribution < -0.4 is 10.1 Å². The van der Waals surface area contributed by atoms with Crippen LogP contribution in [0.15, 0.2) is 12.3 Å². The van der Waals surface area contributed by atoms with E-state index in [1.165, 1.54) is 0 Å². The van der Waals surface area contributed by atoms with Crippen LogP contribution >= 0.6 is 11.6 Å². The zero-order valence-corrected chi connectivity index (χ0v) is 11.5. The molecule has 4 nitrogen and oxygen atoms in total. The average Bonchev–Trinajstić information content (AvgIpc) is 2.27. The lowest BCUT2D eigenvalue weighted by atomic mass is 10.2. The number of pyridine rings is 1. The fraction of sp³-hybridized carbons (Fsp3) is 0.615. The first kappa shape index (κ1) is 13.6. The monoisotopic (exact) mass is 270 g/mol. The first-order chi connectivity index (χ1) is 8.65. The lowest BCUT2D eigenvalue weighted by Gasteiger charge is -2.26. The van der Waals surface area contributed by atoms with Gasteiger partial charge < -0.3 is 14.8 Å². The van der Waals surface area contributed by atoms with Crippen molar-refractivity contribution < 1.29 is 9.47 Å². The second-order valence-electron chi connectivity index (χ2n) is 4.92. The Hall–Kier alpha value is -0.840. The van der Waals surface area contributed by atoms with Gasteiger partial charge in [-0.05, 0) is 18.0 Å². The van der Waals surface area contributed by atoms with Crippen molar-refractivity contribution in [1.82, 2.24) is 10.3 Å². The predicted octanol–water partition coefficient (Wildman–Crippen LogP) is 2.26. The SMILES string of the molecule is CC(C)CNCc1cc(OC2COC2)ncc1Cl. The summed E-state index contributed by atoms with van der Waals surface area (Å²) in [6.07, 6.45) is 1.78. The number of hydrogen-bond donors (Lipinski definition) is 1. The van der Waals surface area contributed by atoms with Gasteiger partial charge in [-0.1, -0.05) is 25.4 Å². The molecule has 1 aliphatic heterocycles. The minimum absolute atomic E-state index is 0.134. The van der Waals surface area contributed by atoms with Crippen molar-refractivity contribution in [3.63, 3.8) is 0 Å². The van der Waals surface area contributed by atoms with Crippen molar-refractivity contribution in [2.75, 3.05) is 19.8 Å². The lowest BCUT2D eigenvalue weighted by Crippen LogP contribution is -2.38. The van der Waals surface area contributed by atoms with Gasteiger partial charge in [-0.3, -0.25) is 0 Å². The Morgan fingerprint density at radius 2 is 2.33 bits per heavy atom. The highest BCUT2D eigenvalue weighted by Gasteiger charge is 2.20. The summed E-state index contributed by atoms with van der Waals surface area (Å²) in [5.74, 6) is 1.24. The van der Waals surface area contributed by atoms with Gasteiger partial charge in [0.15, 0.2) is 0 Å². The standard InChI is InChI=1S/C13H19ClN2O2/c1-9(2)4-15-5-10-3-13(16-6-12(10)14)18-11-7-17-8-11/h3,6,9,11,15H,4-5,7-8H2,1-2H3. The molecule has 2 heterocycles. The summed E-state index contributed by atoms with van der Waals surface area (Å²) in [4.78, 5) is 4.17. The molecule has 1 saturated heterocycles. The fourth-order valence-electron chi connectivity index (χ4n) is 1.61. The van der Waals surface area contributed by atoms with Gasteiger partial charge in [-0.25, -0.2) is 4.98 Å². The van der Waals surface area contributed by atoms with Gasteiger partial charge in [0, 0.05) is 18.8 Å². The molecule has 5 heteroatoms. The van der Waals surface area contributed by atoms with Crippen molar-refractivity contribution in [3.05, 3.63) is 22.8 Å². The molecule has 1 aromatic heterocycles. The molecule has 0 aliphatic carbocycles. The topological polar surface area (TPSA) is 43.4 Å². The summed E-state index contributed by atoms with van der Waals surface area (Å²) in [5.41, 5.74) is 1.02. The van der Waals surface area contributed by atoms with E-state index in [1.807, 2.05) is 6.07 Å². The van der Waals surface area contributed by atoms with Crippen LogP contribution in [0, 0.1) is 5.92 Å². The van der Waals surface area contributed by atoms with E-state index < -0.39 is 0 Å². The largest absolute Gasteiger partial charge is 0.469 e. The highest BCUT2D eigenvalue weighted by Crippen LogP contribution is 2.21. The second kappa shape index (κ2) is 6.36. The van der Waals surface area contributed by atoms with Gasteiger partial charge in [-0.15, -0.1) is 0 Å². The smallest absolute Gasteiger partial charge is 0.214 e. The number of halogens is 1. The minimum Gasteiger partial charge on any atom is -0.469 e. The van der Waals surface area contributed by atoms with Gasteiger partial charge in [0.25, 0.3) is 0 Å². The first-order valence-electron chi connectivity index (χ1n) is 6.24. The molecule has 0 spiro atoms. The van der Waals surface area contributed by atoms with Crippen LogP contribution in [0.4, 0.5) is 0 Å². The maximum absolute atomic E-state index is 6.11. The van der Waals surface area contributed by atoms with Crippen molar-refractivity contribution >= 4 is 11.6 Å². The zero-order valence-electron chi connectivity index (χ0n) is 10.8. The maximum atomic E-state index is 6.11. The molecule has 18 heavy (non-hydrogen) atoms. The molecule has 1 aliphatic rings. The van der Waals surface area contributed by atoms with Crippen molar-refractivity contribution in [2.45, 2.75) is 26.5 Å². The highest BCUT2D eigenvalue weighted by atomic mass is 35.5. The number of aromatic nitrogens is 1. The Labute approximate surface area is 113 Å². The van der Waals surface area contributed by atoms with E-state index in [1.54, 1.807) is 6.20 Å². The zero-order chi connectivity index (χ0) is 13.0. The summed E-state index contributed by atoms with van der Waals surface area (Å²) in [6, 6.07) is 1.90. The molecule has 0 bridgehead atoms. The van der Waals surface area contributed by atoms with Gasteiger partial charge in [0.1, 0.15) is 6.10 Å². The second-order valence-corrected chi connectivity index (χ2v) is 5.32. The Bertz CT molecular complexity index is 395.